The summed E-state index contributed by atoms with van der Waals surface area (Å²) in [6.07, 6.45) is 1.19. The van der Waals surface area contributed by atoms with Crippen molar-refractivity contribution in [3.05, 3.63) is 0 Å². The minimum absolute atomic E-state index is 0.341. The molecule has 0 amide bonds. The number of aliphatic hydroxyl groups is 1. The molecule has 0 bridgehead atoms. The van der Waals surface area contributed by atoms with Crippen molar-refractivity contribution in [2.45, 2.75) is 29.6 Å². The molecule has 2 atom stereocenters. The van der Waals surface area contributed by atoms with Gasteiger partial charge in [0.05, 0.1) is 10.7 Å². The maximum atomic E-state index is 8.86. The Kier molecular flexibility index (Phi) is 2.95. The summed E-state index contributed by atoms with van der Waals surface area (Å²) in [7, 11) is 0. The summed E-state index contributed by atoms with van der Waals surface area (Å²) >= 11 is 3.91. The van der Waals surface area contributed by atoms with Crippen molar-refractivity contribution in [3.63, 3.8) is 0 Å². The highest BCUT2D eigenvalue weighted by Gasteiger charge is 2.34. The van der Waals surface area contributed by atoms with Crippen molar-refractivity contribution in [1.29, 1.82) is 0 Å². The van der Waals surface area contributed by atoms with Gasteiger partial charge in [-0.05, 0) is 13.3 Å². The molecule has 0 aromatic carbocycles. The highest BCUT2D eigenvalue weighted by atomic mass is 32.2. The van der Waals surface area contributed by atoms with Crippen LogP contribution in [0.2, 0.25) is 0 Å². The molecule has 0 aromatic heterocycles. The van der Waals surface area contributed by atoms with E-state index in [4.69, 9.17) is 5.11 Å². The van der Waals surface area contributed by atoms with Gasteiger partial charge in [0.15, 0.2) is 0 Å². The van der Waals surface area contributed by atoms with Crippen molar-refractivity contribution in [3.8, 4) is 0 Å². The molecule has 0 spiro atoms. The highest BCUT2D eigenvalue weighted by molar-refractivity contribution is 8.21. The fourth-order valence-electron chi connectivity index (χ4n) is 0.965. The van der Waals surface area contributed by atoms with E-state index in [0.29, 0.717) is 15.9 Å². The Hall–Kier alpha value is 0.660. The third kappa shape index (κ3) is 1.83. The Balaban J connectivity index is 2.41. The zero-order chi connectivity index (χ0) is 7.61. The molecule has 1 heterocycles. The van der Waals surface area contributed by atoms with E-state index in [9.17, 15) is 0 Å². The minimum atomic E-state index is 0.341. The van der Waals surface area contributed by atoms with Crippen molar-refractivity contribution in [2.24, 2.45) is 0 Å². The quantitative estimate of drug-likeness (QED) is 0.698. The highest BCUT2D eigenvalue weighted by Crippen LogP contribution is 2.49. The predicted molar refractivity (Wildman–Crippen MR) is 49.6 cm³/mol. The molecule has 1 aliphatic heterocycles. The molecule has 1 N–H and O–H groups in total. The van der Waals surface area contributed by atoms with Crippen LogP contribution in [0.4, 0.5) is 0 Å². The van der Waals surface area contributed by atoms with Gasteiger partial charge in [-0.3, -0.25) is 0 Å². The topological polar surface area (TPSA) is 20.2 Å². The first-order chi connectivity index (χ1) is 4.70. The minimum Gasteiger partial charge on any atom is -0.395 e. The Bertz CT molecular complexity index is 118. The predicted octanol–water partition coefficient (Wildman–Crippen LogP) is 1.95. The molecule has 1 rings (SSSR count). The molecule has 1 fully saturated rings. The maximum Gasteiger partial charge on any atom is 0.0584 e. The normalized spacial score (nSPS) is 40.5. The molecule has 0 saturated carbocycles. The number of aliphatic hydroxyl groups excluding tert-OH is 1. The molecule has 2 unspecified atom stereocenters. The second-order valence-electron chi connectivity index (χ2n) is 2.72. The summed E-state index contributed by atoms with van der Waals surface area (Å²) in [5.74, 6) is 1.12. The van der Waals surface area contributed by atoms with E-state index in [0.717, 1.165) is 5.75 Å². The second-order valence-corrected chi connectivity index (χ2v) is 6.31. The average molecular weight is 178 g/mol. The summed E-state index contributed by atoms with van der Waals surface area (Å²) in [5, 5.41) is 9.34. The van der Waals surface area contributed by atoms with Gasteiger partial charge in [-0.15, -0.1) is 23.5 Å². The second kappa shape index (κ2) is 3.37. The number of thioether (sulfide) groups is 2. The molecule has 1 saturated heterocycles. The summed E-state index contributed by atoms with van der Waals surface area (Å²) in [6.45, 7) is 4.81. The van der Waals surface area contributed by atoms with Crippen molar-refractivity contribution in [2.75, 3.05) is 12.4 Å². The Morgan fingerprint density at radius 2 is 2.40 bits per heavy atom. The molecular formula is C7H14OS2. The molecule has 0 aromatic rings. The molecule has 0 radical (unpaired) electrons. The van der Waals surface area contributed by atoms with Gasteiger partial charge in [0.1, 0.15) is 0 Å². The van der Waals surface area contributed by atoms with E-state index in [1.165, 1.54) is 6.42 Å². The molecule has 3 heteroatoms. The summed E-state index contributed by atoms with van der Waals surface area (Å²) in [5.41, 5.74) is 0. The zero-order valence-electron chi connectivity index (χ0n) is 6.46. The van der Waals surface area contributed by atoms with Crippen LogP contribution in [0.15, 0.2) is 0 Å². The molecule has 10 heavy (non-hydrogen) atoms. The maximum absolute atomic E-state index is 8.86. The van der Waals surface area contributed by atoms with Gasteiger partial charge < -0.3 is 5.11 Å². The van der Waals surface area contributed by atoms with Gasteiger partial charge in [-0.1, -0.05) is 6.92 Å². The van der Waals surface area contributed by atoms with Gasteiger partial charge in [-0.2, -0.15) is 0 Å². The van der Waals surface area contributed by atoms with E-state index in [1.807, 2.05) is 23.5 Å². The standard InChI is InChI=1S/C7H14OS2/c1-3-7(2)9-5-6(4-8)10-7/h6,8H,3-5H2,1-2H3. The number of hydrogen-bond acceptors (Lipinski definition) is 3. The molecule has 1 aliphatic rings. The van der Waals surface area contributed by atoms with E-state index in [2.05, 4.69) is 13.8 Å². The average Bonchev–Trinajstić information content (AvgIpc) is 2.33. The number of rotatable bonds is 2. The lowest BCUT2D eigenvalue weighted by molar-refractivity contribution is 0.301. The van der Waals surface area contributed by atoms with Crippen LogP contribution in [-0.4, -0.2) is 26.8 Å². The van der Waals surface area contributed by atoms with Crippen molar-refractivity contribution in [1.82, 2.24) is 0 Å². The Labute approximate surface area is 71.0 Å². The van der Waals surface area contributed by atoms with Crippen LogP contribution in [-0.2, 0) is 0 Å². The zero-order valence-corrected chi connectivity index (χ0v) is 8.10. The third-order valence-electron chi connectivity index (χ3n) is 1.84. The molecular weight excluding hydrogens is 164 g/mol. The number of hydrogen-bond donors (Lipinski definition) is 1. The monoisotopic (exact) mass is 178 g/mol. The van der Waals surface area contributed by atoms with E-state index < -0.39 is 0 Å². The van der Waals surface area contributed by atoms with E-state index >= 15 is 0 Å². The van der Waals surface area contributed by atoms with Crippen molar-refractivity contribution < 1.29 is 5.11 Å². The van der Waals surface area contributed by atoms with Crippen LogP contribution in [0, 0.1) is 0 Å². The molecule has 0 aliphatic carbocycles. The first-order valence-electron chi connectivity index (χ1n) is 3.63. The third-order valence-corrected chi connectivity index (χ3v) is 5.59. The summed E-state index contributed by atoms with van der Waals surface area (Å²) in [4.78, 5) is 0. The van der Waals surface area contributed by atoms with E-state index in [1.54, 1.807) is 0 Å². The van der Waals surface area contributed by atoms with Crippen LogP contribution in [0.5, 0.6) is 0 Å². The molecule has 60 valence electrons. The van der Waals surface area contributed by atoms with Crippen LogP contribution in [0.3, 0.4) is 0 Å². The SMILES string of the molecule is CCC1(C)SCC(CO)S1. The van der Waals surface area contributed by atoms with Crippen molar-refractivity contribution >= 4 is 23.5 Å². The van der Waals surface area contributed by atoms with Crippen LogP contribution >= 0.6 is 23.5 Å². The van der Waals surface area contributed by atoms with Crippen LogP contribution < -0.4 is 0 Å². The lowest BCUT2D eigenvalue weighted by atomic mass is 10.4. The Morgan fingerprint density at radius 1 is 1.70 bits per heavy atom. The largest absolute Gasteiger partial charge is 0.395 e. The molecule has 1 nitrogen and oxygen atoms in total. The van der Waals surface area contributed by atoms with Crippen LogP contribution in [0.1, 0.15) is 20.3 Å². The van der Waals surface area contributed by atoms with Crippen LogP contribution in [0.25, 0.3) is 0 Å². The van der Waals surface area contributed by atoms with Gasteiger partial charge in [0, 0.05) is 11.0 Å². The first kappa shape index (κ1) is 8.75. The fraction of sp³-hybridized carbons (Fsp3) is 1.00. The van der Waals surface area contributed by atoms with E-state index in [-0.39, 0.29) is 0 Å². The van der Waals surface area contributed by atoms with Gasteiger partial charge in [0.25, 0.3) is 0 Å². The first-order valence-corrected chi connectivity index (χ1v) is 5.49. The summed E-state index contributed by atoms with van der Waals surface area (Å²) < 4.78 is 0.382. The lowest BCUT2D eigenvalue weighted by Crippen LogP contribution is -2.11. The van der Waals surface area contributed by atoms with Gasteiger partial charge in [0.2, 0.25) is 0 Å². The fourth-order valence-corrected chi connectivity index (χ4v) is 4.12. The summed E-state index contributed by atoms with van der Waals surface area (Å²) in [6, 6.07) is 0. The Morgan fingerprint density at radius 3 is 2.70 bits per heavy atom. The van der Waals surface area contributed by atoms with Gasteiger partial charge in [-0.25, -0.2) is 0 Å². The van der Waals surface area contributed by atoms with Gasteiger partial charge >= 0.3 is 0 Å². The smallest absolute Gasteiger partial charge is 0.0584 e. The lowest BCUT2D eigenvalue weighted by Gasteiger charge is -2.19.